The zero-order valence-electron chi connectivity index (χ0n) is 20.0. The van der Waals surface area contributed by atoms with Gasteiger partial charge >= 0.3 is 0 Å². The lowest BCUT2D eigenvalue weighted by molar-refractivity contribution is -0.116. The van der Waals surface area contributed by atoms with Gasteiger partial charge in [-0.15, -0.1) is 16.8 Å². The van der Waals surface area contributed by atoms with Gasteiger partial charge in [-0.1, -0.05) is 48.5 Å². The number of anilines is 3. The van der Waals surface area contributed by atoms with Crippen molar-refractivity contribution >= 4 is 58.1 Å². The van der Waals surface area contributed by atoms with Gasteiger partial charge in [0, 0.05) is 35.1 Å². The van der Waals surface area contributed by atoms with Gasteiger partial charge in [0.25, 0.3) is 0 Å². The van der Waals surface area contributed by atoms with Gasteiger partial charge in [0.2, 0.25) is 17.7 Å². The Labute approximate surface area is 218 Å². The first-order valence-electron chi connectivity index (χ1n) is 11.2. The normalized spacial score (nSPS) is 10.5. The van der Waals surface area contributed by atoms with Crippen molar-refractivity contribution in [1.29, 1.82) is 0 Å². The summed E-state index contributed by atoms with van der Waals surface area (Å²) in [5.74, 6) is -0.0863. The second-order valence-electron chi connectivity index (χ2n) is 7.80. The standard InChI is InChI=1S/C25H27ClN6O3S/c1-4-11-32-21(14-23(34)29-20-12-17(26)10-9-16(20)3)30-31-25(32)36-15-24(35)28-19-8-6-7-18(13-19)27-22(33)5-2/h4,6-10,12-13H,1,5,11,14-15H2,2-3H3,(H,27,33)(H,28,35)(H,29,34). The fourth-order valence-electron chi connectivity index (χ4n) is 3.19. The minimum Gasteiger partial charge on any atom is -0.326 e. The van der Waals surface area contributed by atoms with Crippen LogP contribution in [0.2, 0.25) is 5.02 Å². The van der Waals surface area contributed by atoms with Crippen LogP contribution in [0.1, 0.15) is 24.7 Å². The van der Waals surface area contributed by atoms with E-state index < -0.39 is 0 Å². The summed E-state index contributed by atoms with van der Waals surface area (Å²) in [6, 6.07) is 12.2. The number of nitrogens with zero attached hydrogens (tertiary/aromatic N) is 3. The summed E-state index contributed by atoms with van der Waals surface area (Å²) in [4.78, 5) is 36.7. The maximum absolute atomic E-state index is 12.6. The molecule has 36 heavy (non-hydrogen) atoms. The molecule has 0 aliphatic rings. The Morgan fingerprint density at radius 2 is 1.75 bits per heavy atom. The zero-order chi connectivity index (χ0) is 26.1. The predicted octanol–water partition coefficient (Wildman–Crippen LogP) is 4.69. The van der Waals surface area contributed by atoms with Crippen molar-refractivity contribution in [3.8, 4) is 0 Å². The first-order chi connectivity index (χ1) is 17.3. The fraction of sp³-hybridized carbons (Fsp3) is 0.240. The molecular formula is C25H27ClN6O3S. The monoisotopic (exact) mass is 526 g/mol. The number of allylic oxidation sites excluding steroid dienone is 1. The number of rotatable bonds is 11. The molecule has 188 valence electrons. The van der Waals surface area contributed by atoms with E-state index in [1.807, 2.05) is 13.0 Å². The van der Waals surface area contributed by atoms with Gasteiger partial charge in [0.05, 0.1) is 12.2 Å². The molecule has 0 saturated carbocycles. The third-order valence-corrected chi connectivity index (χ3v) is 6.18. The summed E-state index contributed by atoms with van der Waals surface area (Å²) >= 11 is 7.23. The molecular weight excluding hydrogens is 500 g/mol. The molecule has 0 radical (unpaired) electrons. The van der Waals surface area contributed by atoms with Crippen LogP contribution >= 0.6 is 23.4 Å². The largest absolute Gasteiger partial charge is 0.326 e. The minimum atomic E-state index is -0.262. The Balaban J connectivity index is 1.61. The fourth-order valence-corrected chi connectivity index (χ4v) is 4.13. The third-order valence-electron chi connectivity index (χ3n) is 4.98. The topological polar surface area (TPSA) is 118 Å². The molecule has 0 fully saturated rings. The second-order valence-corrected chi connectivity index (χ2v) is 9.18. The smallest absolute Gasteiger partial charge is 0.234 e. The van der Waals surface area contributed by atoms with E-state index in [0.717, 1.165) is 5.56 Å². The Morgan fingerprint density at radius 1 is 1.03 bits per heavy atom. The maximum atomic E-state index is 12.6. The molecule has 0 unspecified atom stereocenters. The summed E-state index contributed by atoms with van der Waals surface area (Å²) in [6.07, 6.45) is 2.03. The van der Waals surface area contributed by atoms with Crippen molar-refractivity contribution < 1.29 is 14.4 Å². The summed E-state index contributed by atoms with van der Waals surface area (Å²) in [6.45, 7) is 7.79. The summed E-state index contributed by atoms with van der Waals surface area (Å²) in [7, 11) is 0. The molecule has 0 spiro atoms. The van der Waals surface area contributed by atoms with E-state index in [9.17, 15) is 14.4 Å². The van der Waals surface area contributed by atoms with Gasteiger partial charge < -0.3 is 20.5 Å². The van der Waals surface area contributed by atoms with E-state index in [1.165, 1.54) is 11.8 Å². The van der Waals surface area contributed by atoms with Crippen LogP contribution < -0.4 is 16.0 Å². The van der Waals surface area contributed by atoms with Crippen LogP contribution in [-0.2, 0) is 27.3 Å². The Bertz CT molecular complexity index is 1280. The number of hydrogen-bond acceptors (Lipinski definition) is 6. The lowest BCUT2D eigenvalue weighted by atomic mass is 10.2. The highest BCUT2D eigenvalue weighted by Gasteiger charge is 2.17. The molecule has 3 aromatic rings. The minimum absolute atomic E-state index is 0.00414. The van der Waals surface area contributed by atoms with Crippen molar-refractivity contribution in [2.24, 2.45) is 0 Å². The number of nitrogens with one attached hydrogen (secondary N) is 3. The lowest BCUT2D eigenvalue weighted by Crippen LogP contribution is -2.18. The van der Waals surface area contributed by atoms with E-state index in [-0.39, 0.29) is 29.9 Å². The number of benzene rings is 2. The third kappa shape index (κ3) is 7.69. The molecule has 9 nitrogen and oxygen atoms in total. The molecule has 0 bridgehead atoms. The Kier molecular flexibility index (Phi) is 9.66. The number of hydrogen-bond donors (Lipinski definition) is 3. The molecule has 3 amide bonds. The van der Waals surface area contributed by atoms with Crippen molar-refractivity contribution in [2.45, 2.75) is 38.4 Å². The van der Waals surface area contributed by atoms with Crippen molar-refractivity contribution in [2.75, 3.05) is 21.7 Å². The number of aromatic nitrogens is 3. The number of aryl methyl sites for hydroxylation is 1. The number of amides is 3. The van der Waals surface area contributed by atoms with E-state index >= 15 is 0 Å². The van der Waals surface area contributed by atoms with Crippen molar-refractivity contribution in [3.63, 3.8) is 0 Å². The summed E-state index contributed by atoms with van der Waals surface area (Å²) < 4.78 is 1.75. The Hall–Kier alpha value is -3.63. The van der Waals surface area contributed by atoms with E-state index in [1.54, 1.807) is 54.0 Å². The van der Waals surface area contributed by atoms with Gasteiger partial charge in [0.1, 0.15) is 5.82 Å². The molecule has 2 aromatic carbocycles. The molecule has 11 heteroatoms. The number of thioether (sulfide) groups is 1. The molecule has 3 N–H and O–H groups in total. The van der Waals surface area contributed by atoms with Crippen LogP contribution in [0.4, 0.5) is 17.1 Å². The Morgan fingerprint density at radius 3 is 2.44 bits per heavy atom. The van der Waals surface area contributed by atoms with E-state index in [0.29, 0.717) is 46.0 Å². The van der Waals surface area contributed by atoms with E-state index in [4.69, 9.17) is 11.6 Å². The quantitative estimate of drug-likeness (QED) is 0.246. The molecule has 0 atom stereocenters. The molecule has 1 aromatic heterocycles. The van der Waals surface area contributed by atoms with Gasteiger partial charge in [-0.05, 0) is 42.8 Å². The molecule has 0 aliphatic carbocycles. The highest BCUT2D eigenvalue weighted by atomic mass is 35.5. The highest BCUT2D eigenvalue weighted by molar-refractivity contribution is 7.99. The van der Waals surface area contributed by atoms with Crippen LogP contribution in [0.3, 0.4) is 0 Å². The van der Waals surface area contributed by atoms with Crippen molar-refractivity contribution in [3.05, 3.63) is 71.5 Å². The van der Waals surface area contributed by atoms with Crippen LogP contribution in [-0.4, -0.2) is 38.2 Å². The number of carbonyl (C=O) groups excluding carboxylic acids is 3. The molecule has 0 aliphatic heterocycles. The number of carbonyl (C=O) groups is 3. The summed E-state index contributed by atoms with van der Waals surface area (Å²) in [5, 5.41) is 17.8. The maximum Gasteiger partial charge on any atom is 0.234 e. The van der Waals surface area contributed by atoms with Crippen LogP contribution in [0.25, 0.3) is 0 Å². The van der Waals surface area contributed by atoms with Gasteiger partial charge in [-0.2, -0.15) is 0 Å². The van der Waals surface area contributed by atoms with Crippen LogP contribution in [0.15, 0.2) is 60.3 Å². The average molecular weight is 527 g/mol. The average Bonchev–Trinajstić information content (AvgIpc) is 3.21. The van der Waals surface area contributed by atoms with Crippen LogP contribution in [0, 0.1) is 6.92 Å². The van der Waals surface area contributed by atoms with Crippen LogP contribution in [0.5, 0.6) is 0 Å². The first kappa shape index (κ1) is 27.0. The molecule has 0 saturated heterocycles. The summed E-state index contributed by atoms with van der Waals surface area (Å²) in [5.41, 5.74) is 2.69. The lowest BCUT2D eigenvalue weighted by Gasteiger charge is -2.10. The van der Waals surface area contributed by atoms with Gasteiger partial charge in [-0.3, -0.25) is 14.4 Å². The highest BCUT2D eigenvalue weighted by Crippen LogP contribution is 2.22. The SMILES string of the molecule is C=CCn1c(CC(=O)Nc2cc(Cl)ccc2C)nnc1SCC(=O)Nc1cccc(NC(=O)CC)c1. The van der Waals surface area contributed by atoms with E-state index in [2.05, 4.69) is 32.7 Å². The second kappa shape index (κ2) is 12.9. The van der Waals surface area contributed by atoms with Crippen molar-refractivity contribution in [1.82, 2.24) is 14.8 Å². The molecule has 3 rings (SSSR count). The zero-order valence-corrected chi connectivity index (χ0v) is 21.6. The molecule has 1 heterocycles. The van der Waals surface area contributed by atoms with Gasteiger partial charge in [-0.25, -0.2) is 0 Å². The van der Waals surface area contributed by atoms with Gasteiger partial charge in [0.15, 0.2) is 5.16 Å². The first-order valence-corrected chi connectivity index (χ1v) is 12.6. The number of halogens is 1. The predicted molar refractivity (Wildman–Crippen MR) is 143 cm³/mol.